The molecule has 0 aliphatic rings. The van der Waals surface area contributed by atoms with Crippen molar-refractivity contribution < 1.29 is 34.5 Å². The van der Waals surface area contributed by atoms with Crippen molar-refractivity contribution in [3.05, 3.63) is 49.1 Å². The number of amides is 1. The van der Waals surface area contributed by atoms with E-state index in [-0.39, 0.29) is 16.7 Å². The van der Waals surface area contributed by atoms with Crippen LogP contribution in [0.4, 0.5) is 0 Å². The van der Waals surface area contributed by atoms with Crippen molar-refractivity contribution in [3.63, 3.8) is 0 Å². The number of carbonyl (C=O) groups excluding carboxylic acids is 1. The first-order valence-electron chi connectivity index (χ1n) is 5.78. The molecule has 0 atom stereocenters. The zero-order valence-corrected chi connectivity index (χ0v) is 13.5. The highest BCUT2D eigenvalue weighted by Gasteiger charge is 1.91. The van der Waals surface area contributed by atoms with Crippen molar-refractivity contribution in [1.82, 2.24) is 0 Å². The van der Waals surface area contributed by atoms with Gasteiger partial charge in [0.25, 0.3) is 0 Å². The lowest BCUT2D eigenvalue weighted by Crippen LogP contribution is -2.04. The van der Waals surface area contributed by atoms with Crippen molar-refractivity contribution in [3.8, 4) is 0 Å². The Morgan fingerprint density at radius 3 is 0.826 bits per heavy atom. The van der Waals surface area contributed by atoms with Crippen LogP contribution in [0.3, 0.4) is 0 Å². The van der Waals surface area contributed by atoms with Gasteiger partial charge in [-0.3, -0.25) is 4.79 Å². The molecular formula is C15H23NO7. The number of primary amides is 1. The molecule has 0 aromatic rings. The van der Waals surface area contributed by atoms with Crippen molar-refractivity contribution in [1.29, 1.82) is 0 Å². The summed E-state index contributed by atoms with van der Waals surface area (Å²) in [7, 11) is 0. The molecule has 0 radical (unpaired) electrons. The van der Waals surface area contributed by atoms with Crippen LogP contribution in [0.25, 0.3) is 0 Å². The lowest BCUT2D eigenvalue weighted by molar-refractivity contribution is -0.133. The van der Waals surface area contributed by atoms with Crippen LogP contribution in [0.5, 0.6) is 0 Å². The van der Waals surface area contributed by atoms with E-state index < -0.39 is 23.8 Å². The maximum absolute atomic E-state index is 9.60. The predicted molar refractivity (Wildman–Crippen MR) is 86.7 cm³/mol. The molecular weight excluding hydrogens is 306 g/mol. The second-order valence-electron chi connectivity index (χ2n) is 3.86. The second-order valence-corrected chi connectivity index (χ2v) is 3.86. The maximum atomic E-state index is 9.60. The minimum Gasteiger partial charge on any atom is -0.478 e. The number of carboxylic acid groups (broad SMARTS) is 3. The fourth-order valence-electron chi connectivity index (χ4n) is 0. The third kappa shape index (κ3) is 45.5. The van der Waals surface area contributed by atoms with Gasteiger partial charge in [-0.15, -0.1) is 0 Å². The topological polar surface area (TPSA) is 155 Å². The van der Waals surface area contributed by atoms with Gasteiger partial charge in [0.1, 0.15) is 0 Å². The molecule has 0 rings (SSSR count). The van der Waals surface area contributed by atoms with Gasteiger partial charge in [0.2, 0.25) is 5.91 Å². The quantitative estimate of drug-likeness (QED) is 0.571. The number of carboxylic acids is 3. The van der Waals surface area contributed by atoms with Crippen LogP contribution in [0.1, 0.15) is 20.8 Å². The molecule has 1 amide bonds. The molecule has 0 saturated carbocycles. The van der Waals surface area contributed by atoms with Crippen molar-refractivity contribution in [2.45, 2.75) is 20.8 Å². The van der Waals surface area contributed by atoms with E-state index in [0.717, 1.165) is 6.08 Å². The smallest absolute Gasteiger partial charge is 0.330 e. The van der Waals surface area contributed by atoms with Gasteiger partial charge in [-0.05, 0) is 26.8 Å². The van der Waals surface area contributed by atoms with E-state index in [4.69, 9.17) is 15.3 Å². The van der Waals surface area contributed by atoms with Gasteiger partial charge in [0.05, 0.1) is 0 Å². The molecule has 0 fully saturated rings. The summed E-state index contributed by atoms with van der Waals surface area (Å²) >= 11 is 0. The van der Waals surface area contributed by atoms with Gasteiger partial charge in [-0.25, -0.2) is 14.4 Å². The highest BCUT2D eigenvalue weighted by Crippen LogP contribution is 1.82. The minimum atomic E-state index is -0.935. The number of rotatable bonds is 4. The highest BCUT2D eigenvalue weighted by atomic mass is 16.4. The SMILES string of the molecule is C=C(C)C(=O)O.C=C(C)C(=O)O.C=C(C)C(=O)O.C=CC(N)=O. The summed E-state index contributed by atoms with van der Waals surface area (Å²) in [5, 5.41) is 23.7. The van der Waals surface area contributed by atoms with E-state index in [1.165, 1.54) is 20.8 Å². The van der Waals surface area contributed by atoms with Gasteiger partial charge >= 0.3 is 17.9 Å². The number of aliphatic carboxylic acids is 3. The molecule has 0 unspecified atom stereocenters. The number of nitrogens with two attached hydrogens (primary N) is 1. The Kier molecular flexibility index (Phi) is 20.6. The maximum Gasteiger partial charge on any atom is 0.330 e. The molecule has 8 nitrogen and oxygen atoms in total. The van der Waals surface area contributed by atoms with Gasteiger partial charge in [-0.1, -0.05) is 26.3 Å². The summed E-state index contributed by atoms with van der Waals surface area (Å²) in [6.07, 6.45) is 1.06. The fraction of sp³-hybridized carbons (Fsp3) is 0.200. The van der Waals surface area contributed by atoms with Gasteiger partial charge in [0.15, 0.2) is 0 Å². The Labute approximate surface area is 134 Å². The minimum absolute atomic E-state index is 0.176. The zero-order valence-electron chi connectivity index (χ0n) is 13.5. The molecule has 0 saturated heterocycles. The van der Waals surface area contributed by atoms with E-state index in [1.54, 1.807) is 0 Å². The van der Waals surface area contributed by atoms with E-state index in [9.17, 15) is 19.2 Å². The second kappa shape index (κ2) is 16.9. The third-order valence-electron chi connectivity index (χ3n) is 1.30. The largest absolute Gasteiger partial charge is 0.478 e. The lowest BCUT2D eigenvalue weighted by Gasteiger charge is -1.79. The van der Waals surface area contributed by atoms with Crippen LogP contribution in [0.2, 0.25) is 0 Å². The first-order valence-corrected chi connectivity index (χ1v) is 5.78. The third-order valence-corrected chi connectivity index (χ3v) is 1.30. The molecule has 8 heteroatoms. The average molecular weight is 329 g/mol. The van der Waals surface area contributed by atoms with Crippen LogP contribution in [-0.2, 0) is 19.2 Å². The van der Waals surface area contributed by atoms with Crippen molar-refractivity contribution in [2.24, 2.45) is 5.73 Å². The molecule has 130 valence electrons. The molecule has 0 aromatic carbocycles. The zero-order chi connectivity index (χ0) is 19.7. The van der Waals surface area contributed by atoms with Crippen molar-refractivity contribution >= 4 is 23.8 Å². The summed E-state index contributed by atoms with van der Waals surface area (Å²) in [5.74, 6) is -3.29. The van der Waals surface area contributed by atoms with E-state index >= 15 is 0 Å². The normalized spacial score (nSPS) is 7.26. The number of hydrogen-bond donors (Lipinski definition) is 4. The molecule has 23 heavy (non-hydrogen) atoms. The van der Waals surface area contributed by atoms with E-state index in [2.05, 4.69) is 32.0 Å². The molecule has 0 bridgehead atoms. The Hall–Kier alpha value is -3.16. The van der Waals surface area contributed by atoms with Crippen LogP contribution in [0, 0.1) is 0 Å². The van der Waals surface area contributed by atoms with E-state index in [1.807, 2.05) is 0 Å². The lowest BCUT2D eigenvalue weighted by atomic mass is 10.4. The van der Waals surface area contributed by atoms with Crippen molar-refractivity contribution in [2.75, 3.05) is 0 Å². The monoisotopic (exact) mass is 329 g/mol. The van der Waals surface area contributed by atoms with Gasteiger partial charge in [0, 0.05) is 16.7 Å². The summed E-state index contributed by atoms with van der Waals surface area (Å²) in [6.45, 7) is 16.9. The number of hydrogen-bond acceptors (Lipinski definition) is 4. The molecule has 5 N–H and O–H groups in total. The summed E-state index contributed by atoms with van der Waals surface area (Å²) in [6, 6.07) is 0. The van der Waals surface area contributed by atoms with Crippen LogP contribution < -0.4 is 5.73 Å². The first-order chi connectivity index (χ1) is 10.2. The molecule has 0 aliphatic carbocycles. The summed E-state index contributed by atoms with van der Waals surface area (Å²) < 4.78 is 0. The first kappa shape index (κ1) is 28.1. The molecule has 0 spiro atoms. The number of carbonyl (C=O) groups is 4. The van der Waals surface area contributed by atoms with Crippen LogP contribution in [-0.4, -0.2) is 39.1 Å². The predicted octanol–water partition coefficient (Wildman–Crippen LogP) is 1.60. The Morgan fingerprint density at radius 1 is 0.739 bits per heavy atom. The average Bonchev–Trinajstić information content (AvgIpc) is 2.40. The molecule has 0 aliphatic heterocycles. The van der Waals surface area contributed by atoms with Gasteiger partial charge in [-0.2, -0.15) is 0 Å². The fourth-order valence-corrected chi connectivity index (χ4v) is 0. The summed E-state index contributed by atoms with van der Waals surface area (Å²) in [4.78, 5) is 38.3. The van der Waals surface area contributed by atoms with E-state index in [0.29, 0.717) is 0 Å². The Bertz CT molecular complexity index is 397. The van der Waals surface area contributed by atoms with Gasteiger partial charge < -0.3 is 21.1 Å². The Morgan fingerprint density at radius 2 is 0.826 bits per heavy atom. The summed E-state index contributed by atoms with van der Waals surface area (Å²) in [5.41, 5.74) is 5.06. The Balaban J connectivity index is -0.000000105. The molecule has 0 heterocycles. The standard InChI is InChI=1S/3C4H6O2.C3H5NO/c3*1-3(2)4(5)6;1-2-3(4)5/h3*1H2,2H3,(H,5,6);2H,1H2,(H2,4,5). The highest BCUT2D eigenvalue weighted by molar-refractivity contribution is 5.85. The van der Waals surface area contributed by atoms with Crippen LogP contribution in [0.15, 0.2) is 49.1 Å². The van der Waals surface area contributed by atoms with Crippen LogP contribution >= 0.6 is 0 Å². The molecule has 0 aromatic heterocycles.